The number of carbonyl (C=O) groups is 3. The molecule has 0 aliphatic heterocycles. The largest absolute Gasteiger partial charge is 0.481 e. The molecule has 0 aliphatic rings. The third-order valence-electron chi connectivity index (χ3n) is 4.08. The number of carbonyl (C=O) groups excluding carboxylic acids is 2. The number of nitrogens with one attached hydrogen (secondary N) is 1. The van der Waals surface area contributed by atoms with Gasteiger partial charge in [0.15, 0.2) is 12.7 Å². The third kappa shape index (κ3) is 9.42. The lowest BCUT2D eigenvalue weighted by atomic mass is 9.95. The minimum Gasteiger partial charge on any atom is -0.481 e. The van der Waals surface area contributed by atoms with Crippen LogP contribution in [0, 0.1) is 5.92 Å². The van der Waals surface area contributed by atoms with Gasteiger partial charge in [-0.1, -0.05) is 18.5 Å². The highest BCUT2D eigenvalue weighted by Crippen LogP contribution is 2.22. The van der Waals surface area contributed by atoms with Crippen LogP contribution >= 0.6 is 0 Å². The van der Waals surface area contributed by atoms with Gasteiger partial charge >= 0.3 is 11.9 Å². The van der Waals surface area contributed by atoms with Crippen molar-refractivity contribution >= 4 is 17.8 Å². The van der Waals surface area contributed by atoms with Crippen molar-refractivity contribution in [3.63, 3.8) is 0 Å². The molecule has 0 spiro atoms. The number of ether oxygens (including phenoxy) is 1. The molecule has 1 aromatic rings. The number of hydrogen-bond acceptors (Lipinski definition) is 6. The number of alkyl halides is 1. The molecule has 1 unspecified atom stereocenters. The van der Waals surface area contributed by atoms with Gasteiger partial charge in [-0.05, 0) is 31.8 Å². The number of nitrogens with zero attached hydrogens (tertiary/aromatic N) is 2. The van der Waals surface area contributed by atoms with Crippen LogP contribution in [0.15, 0.2) is 18.5 Å². The van der Waals surface area contributed by atoms with E-state index < -0.39 is 23.1 Å². The number of aliphatic hydroxyl groups excluding tert-OH is 1. The van der Waals surface area contributed by atoms with E-state index in [2.05, 4.69) is 15.2 Å². The zero-order valence-electron chi connectivity index (χ0n) is 17.7. The van der Waals surface area contributed by atoms with E-state index in [1.54, 1.807) is 40.0 Å². The van der Waals surface area contributed by atoms with Crippen molar-refractivity contribution in [3.05, 3.63) is 24.0 Å². The molecule has 1 rings (SSSR count). The molecular weight excluding hydrogens is 385 g/mol. The topological polar surface area (TPSA) is 130 Å². The summed E-state index contributed by atoms with van der Waals surface area (Å²) in [7, 11) is 1.18. The van der Waals surface area contributed by atoms with E-state index in [0.717, 1.165) is 0 Å². The highest BCUT2D eigenvalue weighted by atomic mass is 19.1. The SMILES string of the molecule is CC(C)(CC(=O)O)NC(=O)c1cc[n+](CCO)nc1.COC(=O)C(C)(F)C(C)C. The first-order valence-electron chi connectivity index (χ1n) is 9.05. The Balaban J connectivity index is 0.000000665. The Bertz CT molecular complexity index is 690. The second-order valence-corrected chi connectivity index (χ2v) is 7.53. The van der Waals surface area contributed by atoms with Gasteiger partial charge < -0.3 is 20.3 Å². The molecule has 3 N–H and O–H groups in total. The van der Waals surface area contributed by atoms with E-state index in [1.165, 1.54) is 24.9 Å². The summed E-state index contributed by atoms with van der Waals surface area (Å²) in [6.45, 7) is 8.10. The molecular formula is C19H31FN3O6+. The summed E-state index contributed by atoms with van der Waals surface area (Å²) in [6.07, 6.45) is 2.79. The second-order valence-electron chi connectivity index (χ2n) is 7.53. The van der Waals surface area contributed by atoms with Crippen LogP contribution < -0.4 is 10.00 Å². The second kappa shape index (κ2) is 11.4. The lowest BCUT2D eigenvalue weighted by Crippen LogP contribution is -2.45. The number of rotatable bonds is 8. The predicted octanol–water partition coefficient (Wildman–Crippen LogP) is 0.888. The fourth-order valence-electron chi connectivity index (χ4n) is 1.99. The summed E-state index contributed by atoms with van der Waals surface area (Å²) in [4.78, 5) is 33.2. The van der Waals surface area contributed by atoms with E-state index in [0.29, 0.717) is 12.1 Å². The molecule has 1 aromatic heterocycles. The van der Waals surface area contributed by atoms with Crippen molar-refractivity contribution < 1.29 is 38.4 Å². The Morgan fingerprint density at radius 3 is 2.24 bits per heavy atom. The Labute approximate surface area is 169 Å². The number of hydrogen-bond donors (Lipinski definition) is 3. The van der Waals surface area contributed by atoms with Crippen molar-refractivity contribution in [1.29, 1.82) is 0 Å². The molecule has 29 heavy (non-hydrogen) atoms. The monoisotopic (exact) mass is 416 g/mol. The summed E-state index contributed by atoms with van der Waals surface area (Å²) in [5.41, 5.74) is -2.35. The fraction of sp³-hybridized carbons (Fsp3) is 0.632. The van der Waals surface area contributed by atoms with Crippen molar-refractivity contribution in [3.8, 4) is 0 Å². The van der Waals surface area contributed by atoms with Gasteiger partial charge in [0.05, 0.1) is 19.1 Å². The molecule has 164 valence electrons. The number of aliphatic hydroxyl groups is 1. The van der Waals surface area contributed by atoms with E-state index in [9.17, 15) is 18.8 Å². The lowest BCUT2D eigenvalue weighted by molar-refractivity contribution is -0.754. The van der Waals surface area contributed by atoms with Crippen LogP contribution in [0.2, 0.25) is 0 Å². The maximum Gasteiger partial charge on any atom is 0.343 e. The summed E-state index contributed by atoms with van der Waals surface area (Å²) in [5.74, 6) is -2.50. The first kappa shape index (κ1) is 26.4. The van der Waals surface area contributed by atoms with Crippen molar-refractivity contribution in [2.75, 3.05) is 13.7 Å². The van der Waals surface area contributed by atoms with Crippen molar-refractivity contribution in [1.82, 2.24) is 10.4 Å². The van der Waals surface area contributed by atoms with Crippen LogP contribution in [0.25, 0.3) is 0 Å². The van der Waals surface area contributed by atoms with Gasteiger partial charge in [-0.15, -0.1) is 0 Å². The Kier molecular flexibility index (Phi) is 10.4. The summed E-state index contributed by atoms with van der Waals surface area (Å²) < 4.78 is 18.9. The quantitative estimate of drug-likeness (QED) is 0.424. The summed E-state index contributed by atoms with van der Waals surface area (Å²) in [6, 6.07) is 1.56. The normalized spacial score (nSPS) is 13.0. The van der Waals surface area contributed by atoms with Gasteiger partial charge in [-0.3, -0.25) is 9.59 Å². The van der Waals surface area contributed by atoms with E-state index in [-0.39, 0.29) is 24.9 Å². The molecule has 0 radical (unpaired) electrons. The van der Waals surface area contributed by atoms with Crippen LogP contribution in [0.5, 0.6) is 0 Å². The summed E-state index contributed by atoms with van der Waals surface area (Å²) in [5, 5.41) is 24.1. The molecule has 1 heterocycles. The minimum atomic E-state index is -1.85. The fourth-order valence-corrected chi connectivity index (χ4v) is 1.99. The van der Waals surface area contributed by atoms with Crippen LogP contribution in [0.1, 0.15) is 51.4 Å². The number of methoxy groups -OCH3 is 1. The third-order valence-corrected chi connectivity index (χ3v) is 4.08. The molecule has 0 aliphatic carbocycles. The van der Waals surface area contributed by atoms with Gasteiger partial charge in [0.1, 0.15) is 12.8 Å². The highest BCUT2D eigenvalue weighted by molar-refractivity contribution is 5.94. The average Bonchev–Trinajstić information content (AvgIpc) is 2.60. The number of aliphatic carboxylic acids is 1. The number of carboxylic acid groups (broad SMARTS) is 1. The number of amides is 1. The number of carboxylic acids is 1. The van der Waals surface area contributed by atoms with Gasteiger partial charge in [0.2, 0.25) is 5.67 Å². The van der Waals surface area contributed by atoms with Gasteiger partial charge in [-0.2, -0.15) is 0 Å². The van der Waals surface area contributed by atoms with Crippen molar-refractivity contribution in [2.24, 2.45) is 5.92 Å². The molecule has 0 bridgehead atoms. The van der Waals surface area contributed by atoms with Gasteiger partial charge in [0.25, 0.3) is 5.91 Å². The standard InChI is InChI=1S/C12H17N3O4.C7H13FO2/c1-12(2,7-10(17)18)14-11(19)9-3-4-15(5-6-16)13-8-9;1-5(2)7(3,8)6(9)10-4/h3-4,8,16H,5-7H2,1-2H3,(H-,14,17,18,19);5H,1-4H3/p+1. The van der Waals surface area contributed by atoms with Gasteiger partial charge in [-0.25, -0.2) is 9.18 Å². The van der Waals surface area contributed by atoms with Crippen LogP contribution in [-0.2, 0) is 20.9 Å². The smallest absolute Gasteiger partial charge is 0.343 e. The highest BCUT2D eigenvalue weighted by Gasteiger charge is 2.37. The maximum atomic E-state index is 13.1. The molecule has 0 saturated heterocycles. The predicted molar refractivity (Wildman–Crippen MR) is 102 cm³/mol. The number of aromatic nitrogens is 2. The number of esters is 1. The Morgan fingerprint density at radius 2 is 1.90 bits per heavy atom. The minimum absolute atomic E-state index is 0.0329. The zero-order valence-corrected chi connectivity index (χ0v) is 17.7. The molecule has 0 saturated carbocycles. The Hall–Kier alpha value is -2.62. The molecule has 0 fully saturated rings. The van der Waals surface area contributed by atoms with Crippen LogP contribution in [0.4, 0.5) is 4.39 Å². The molecule has 0 aromatic carbocycles. The lowest BCUT2D eigenvalue weighted by Gasteiger charge is -2.23. The molecule has 1 atom stereocenters. The summed E-state index contributed by atoms with van der Waals surface area (Å²) >= 11 is 0. The van der Waals surface area contributed by atoms with Crippen LogP contribution in [0.3, 0.4) is 0 Å². The first-order chi connectivity index (χ1) is 13.3. The average molecular weight is 416 g/mol. The van der Waals surface area contributed by atoms with Gasteiger partial charge in [0, 0.05) is 11.6 Å². The van der Waals surface area contributed by atoms with Crippen LogP contribution in [-0.4, -0.2) is 58.1 Å². The van der Waals surface area contributed by atoms with Crippen molar-refractivity contribution in [2.45, 2.75) is 58.8 Å². The van der Waals surface area contributed by atoms with E-state index in [4.69, 9.17) is 10.2 Å². The zero-order chi connectivity index (χ0) is 22.8. The first-order valence-corrected chi connectivity index (χ1v) is 9.05. The molecule has 9 nitrogen and oxygen atoms in total. The van der Waals surface area contributed by atoms with E-state index >= 15 is 0 Å². The van der Waals surface area contributed by atoms with E-state index in [1.807, 2.05) is 0 Å². The molecule has 10 heteroatoms. The maximum absolute atomic E-state index is 13.1. The Morgan fingerprint density at radius 1 is 1.31 bits per heavy atom. The molecule has 1 amide bonds. The number of halogens is 1.